The minimum atomic E-state index is 0.0905. The summed E-state index contributed by atoms with van der Waals surface area (Å²) in [5, 5.41) is 3.21. The molecule has 1 atom stereocenters. The van der Waals surface area contributed by atoms with Crippen LogP contribution in [-0.4, -0.2) is 53.5 Å². The van der Waals surface area contributed by atoms with E-state index in [-0.39, 0.29) is 11.9 Å². The van der Waals surface area contributed by atoms with Gasteiger partial charge >= 0.3 is 0 Å². The lowest BCUT2D eigenvalue weighted by molar-refractivity contribution is -0.123. The predicted molar refractivity (Wildman–Crippen MR) is 103 cm³/mol. The summed E-state index contributed by atoms with van der Waals surface area (Å²) in [7, 11) is 0. The number of nitrogens with one attached hydrogen (secondary N) is 1. The molecule has 0 aliphatic carbocycles. The maximum atomic E-state index is 12.5. The van der Waals surface area contributed by atoms with Gasteiger partial charge in [0.25, 0.3) is 0 Å². The molecule has 0 radical (unpaired) electrons. The predicted octanol–water partition coefficient (Wildman–Crippen LogP) is 2.26. The Morgan fingerprint density at radius 1 is 1.08 bits per heavy atom. The average molecular weight is 353 g/mol. The van der Waals surface area contributed by atoms with Crippen LogP contribution in [0.4, 0.5) is 5.95 Å². The molecule has 138 valence electrons. The normalized spacial score (nSPS) is 16.3. The van der Waals surface area contributed by atoms with E-state index in [1.54, 1.807) is 12.4 Å². The number of carbonyl (C=O) groups is 1. The van der Waals surface area contributed by atoms with Gasteiger partial charge in [-0.25, -0.2) is 9.97 Å². The van der Waals surface area contributed by atoms with Crippen molar-refractivity contribution >= 4 is 11.9 Å². The second-order valence-electron chi connectivity index (χ2n) is 6.63. The van der Waals surface area contributed by atoms with Crippen LogP contribution in [-0.2, 0) is 4.79 Å². The van der Waals surface area contributed by atoms with Crippen LogP contribution >= 0.6 is 0 Å². The van der Waals surface area contributed by atoms with E-state index in [0.29, 0.717) is 6.54 Å². The van der Waals surface area contributed by atoms with Gasteiger partial charge in [-0.3, -0.25) is 9.69 Å². The van der Waals surface area contributed by atoms with Gasteiger partial charge in [0.1, 0.15) is 0 Å². The Bertz CT molecular complexity index is 671. The molecule has 1 fully saturated rings. The number of anilines is 1. The molecule has 1 aromatic carbocycles. The van der Waals surface area contributed by atoms with Crippen LogP contribution in [0.3, 0.4) is 0 Å². The highest BCUT2D eigenvalue weighted by atomic mass is 16.2. The van der Waals surface area contributed by atoms with Crippen LogP contribution in [0.5, 0.6) is 0 Å². The van der Waals surface area contributed by atoms with Gasteiger partial charge in [-0.15, -0.1) is 0 Å². The molecule has 2 heterocycles. The van der Waals surface area contributed by atoms with E-state index < -0.39 is 0 Å². The highest BCUT2D eigenvalue weighted by Crippen LogP contribution is 2.18. The first-order chi connectivity index (χ1) is 12.8. The lowest BCUT2D eigenvalue weighted by atomic mass is 10.0. The maximum Gasteiger partial charge on any atom is 0.234 e. The summed E-state index contributed by atoms with van der Waals surface area (Å²) in [6.07, 6.45) is 5.52. The minimum absolute atomic E-state index is 0.0905. The summed E-state index contributed by atoms with van der Waals surface area (Å²) in [6, 6.07) is 12.1. The van der Waals surface area contributed by atoms with Crippen LogP contribution in [0.1, 0.15) is 31.4 Å². The maximum absolute atomic E-state index is 12.5. The first-order valence-corrected chi connectivity index (χ1v) is 9.35. The molecule has 1 amide bonds. The Hall–Kier alpha value is -2.47. The lowest BCUT2D eigenvalue weighted by Crippen LogP contribution is -2.50. The van der Waals surface area contributed by atoms with Gasteiger partial charge in [0, 0.05) is 38.6 Å². The van der Waals surface area contributed by atoms with Crippen molar-refractivity contribution in [1.82, 2.24) is 20.2 Å². The van der Waals surface area contributed by atoms with Crippen molar-refractivity contribution in [2.24, 2.45) is 0 Å². The molecule has 0 spiro atoms. The van der Waals surface area contributed by atoms with Gasteiger partial charge in [-0.2, -0.15) is 0 Å². The van der Waals surface area contributed by atoms with E-state index >= 15 is 0 Å². The average Bonchev–Trinajstić information content (AvgIpc) is 2.69. The van der Waals surface area contributed by atoms with E-state index in [1.807, 2.05) is 24.3 Å². The SMILES string of the molecule is CCC[C@H](NC(=O)CN1CCN(c2ncccn2)CC1)c1ccccc1. The quantitative estimate of drug-likeness (QED) is 0.827. The number of benzene rings is 1. The largest absolute Gasteiger partial charge is 0.348 e. The molecule has 6 heteroatoms. The Labute approximate surface area is 155 Å². The first kappa shape index (κ1) is 18.3. The third-order valence-corrected chi connectivity index (χ3v) is 4.69. The van der Waals surface area contributed by atoms with Crippen molar-refractivity contribution in [2.75, 3.05) is 37.6 Å². The van der Waals surface area contributed by atoms with E-state index in [1.165, 1.54) is 5.56 Å². The number of carbonyl (C=O) groups excluding carboxylic acids is 1. The van der Waals surface area contributed by atoms with E-state index in [0.717, 1.165) is 45.0 Å². The number of aromatic nitrogens is 2. The summed E-state index contributed by atoms with van der Waals surface area (Å²) < 4.78 is 0. The molecule has 1 N–H and O–H groups in total. The van der Waals surface area contributed by atoms with E-state index in [2.05, 4.69) is 44.1 Å². The van der Waals surface area contributed by atoms with Crippen molar-refractivity contribution in [3.8, 4) is 0 Å². The molecule has 0 saturated carbocycles. The van der Waals surface area contributed by atoms with Gasteiger partial charge in [0.15, 0.2) is 0 Å². The summed E-state index contributed by atoms with van der Waals surface area (Å²) in [6.45, 7) is 5.96. The summed E-state index contributed by atoms with van der Waals surface area (Å²) >= 11 is 0. The Balaban J connectivity index is 1.49. The van der Waals surface area contributed by atoms with Crippen molar-refractivity contribution in [2.45, 2.75) is 25.8 Å². The summed E-state index contributed by atoms with van der Waals surface area (Å²) in [5.41, 5.74) is 1.17. The number of nitrogens with zero attached hydrogens (tertiary/aromatic N) is 4. The topological polar surface area (TPSA) is 61.4 Å². The Kier molecular flexibility index (Phi) is 6.55. The Morgan fingerprint density at radius 2 is 1.77 bits per heavy atom. The lowest BCUT2D eigenvalue weighted by Gasteiger charge is -2.34. The molecular weight excluding hydrogens is 326 g/mol. The number of amides is 1. The highest BCUT2D eigenvalue weighted by Gasteiger charge is 2.21. The first-order valence-electron chi connectivity index (χ1n) is 9.35. The molecule has 3 rings (SSSR count). The molecule has 2 aromatic rings. The summed E-state index contributed by atoms with van der Waals surface area (Å²) in [5.74, 6) is 0.861. The van der Waals surface area contributed by atoms with Crippen molar-refractivity contribution < 1.29 is 4.79 Å². The zero-order chi connectivity index (χ0) is 18.2. The fourth-order valence-corrected chi connectivity index (χ4v) is 3.30. The smallest absolute Gasteiger partial charge is 0.234 e. The van der Waals surface area contributed by atoms with Crippen molar-refractivity contribution in [3.63, 3.8) is 0 Å². The molecule has 6 nitrogen and oxygen atoms in total. The minimum Gasteiger partial charge on any atom is -0.348 e. The molecular formula is C20H27N5O. The number of rotatable bonds is 7. The van der Waals surface area contributed by atoms with Crippen LogP contribution in [0, 0.1) is 0 Å². The number of piperazine rings is 1. The number of hydrogen-bond donors (Lipinski definition) is 1. The van der Waals surface area contributed by atoms with Gasteiger partial charge in [-0.05, 0) is 18.1 Å². The second-order valence-corrected chi connectivity index (χ2v) is 6.63. The third-order valence-electron chi connectivity index (χ3n) is 4.69. The van der Waals surface area contributed by atoms with Crippen LogP contribution in [0.15, 0.2) is 48.8 Å². The van der Waals surface area contributed by atoms with Gasteiger partial charge < -0.3 is 10.2 Å². The van der Waals surface area contributed by atoms with Gasteiger partial charge in [-0.1, -0.05) is 43.7 Å². The number of hydrogen-bond acceptors (Lipinski definition) is 5. The molecule has 1 aromatic heterocycles. The van der Waals surface area contributed by atoms with Crippen LogP contribution < -0.4 is 10.2 Å². The second kappa shape index (κ2) is 9.29. The van der Waals surface area contributed by atoms with Crippen LogP contribution in [0.2, 0.25) is 0 Å². The van der Waals surface area contributed by atoms with Crippen LogP contribution in [0.25, 0.3) is 0 Å². The molecule has 1 aliphatic rings. The molecule has 1 aliphatic heterocycles. The zero-order valence-corrected chi connectivity index (χ0v) is 15.3. The third kappa shape index (κ3) is 5.02. The summed E-state index contributed by atoms with van der Waals surface area (Å²) in [4.78, 5) is 25.5. The van der Waals surface area contributed by atoms with Gasteiger partial charge in [0.05, 0.1) is 12.6 Å². The molecule has 26 heavy (non-hydrogen) atoms. The molecule has 1 saturated heterocycles. The fraction of sp³-hybridized carbons (Fsp3) is 0.450. The highest BCUT2D eigenvalue weighted by molar-refractivity contribution is 5.78. The monoisotopic (exact) mass is 353 g/mol. The van der Waals surface area contributed by atoms with E-state index in [4.69, 9.17) is 0 Å². The van der Waals surface area contributed by atoms with E-state index in [9.17, 15) is 4.79 Å². The standard InChI is InChI=1S/C20H27N5O/c1-2-7-18(17-8-4-3-5-9-17)23-19(26)16-24-12-14-25(15-13-24)20-21-10-6-11-22-20/h3-6,8-11,18H,2,7,12-16H2,1H3,(H,23,26)/t18-/m0/s1. The molecule has 0 unspecified atom stereocenters. The zero-order valence-electron chi connectivity index (χ0n) is 15.3. The van der Waals surface area contributed by atoms with Crippen molar-refractivity contribution in [1.29, 1.82) is 0 Å². The van der Waals surface area contributed by atoms with Crippen molar-refractivity contribution in [3.05, 3.63) is 54.4 Å². The molecule has 0 bridgehead atoms. The Morgan fingerprint density at radius 3 is 2.42 bits per heavy atom. The fourth-order valence-electron chi connectivity index (χ4n) is 3.30. The van der Waals surface area contributed by atoms with Gasteiger partial charge in [0.2, 0.25) is 11.9 Å².